The molecular weight excluding hydrogens is 318 g/mol. The Morgan fingerprint density at radius 2 is 1.20 bits per heavy atom. The molecule has 1 aliphatic rings. The van der Waals surface area contributed by atoms with Crippen molar-refractivity contribution < 1.29 is 0 Å². The van der Waals surface area contributed by atoms with Crippen LogP contribution in [0.15, 0.2) is 45.3 Å². The molecule has 2 aromatic rings. The van der Waals surface area contributed by atoms with E-state index in [2.05, 4.69) is 49.3 Å². The number of rotatable bonds is 0. The lowest BCUT2D eigenvalue weighted by Gasteiger charge is -1.99. The number of halogens is 2. The lowest BCUT2D eigenvalue weighted by Crippen LogP contribution is -1.80. The number of fused-ring (bicyclic) bond motifs is 3. The van der Waals surface area contributed by atoms with E-state index in [4.69, 9.17) is 0 Å². The summed E-state index contributed by atoms with van der Waals surface area (Å²) in [5.41, 5.74) is 4.49. The second-order valence-electron chi connectivity index (χ2n) is 3.43. The van der Waals surface area contributed by atoms with E-state index in [1.807, 2.05) is 24.3 Å². The van der Waals surface area contributed by atoms with E-state index in [0.29, 0.717) is 0 Å². The fourth-order valence-corrected chi connectivity index (χ4v) is 2.49. The van der Waals surface area contributed by atoms with Gasteiger partial charge < -0.3 is 0 Å². The molecule has 0 aliphatic carbocycles. The first-order valence-corrected chi connectivity index (χ1v) is 6.14. The Bertz CT molecular complexity index is 500. The Balaban J connectivity index is 2.28. The van der Waals surface area contributed by atoms with Crippen LogP contribution in [0.5, 0.6) is 0 Å². The van der Waals surface area contributed by atoms with Crippen LogP contribution >= 0.6 is 31.9 Å². The minimum absolute atomic E-state index is 1.05. The molecule has 0 N–H and O–H groups in total. The summed E-state index contributed by atoms with van der Waals surface area (Å²) in [6.07, 6.45) is 0. The van der Waals surface area contributed by atoms with E-state index in [0.717, 1.165) is 20.3 Å². The molecular formula is C12H6Br2N. The van der Waals surface area contributed by atoms with Crippen LogP contribution in [-0.4, -0.2) is 0 Å². The highest BCUT2D eigenvalue weighted by molar-refractivity contribution is 9.10. The molecule has 3 heteroatoms. The molecule has 0 spiro atoms. The summed E-state index contributed by atoms with van der Waals surface area (Å²) in [4.78, 5) is 0. The van der Waals surface area contributed by atoms with E-state index >= 15 is 0 Å². The van der Waals surface area contributed by atoms with E-state index in [-0.39, 0.29) is 0 Å². The van der Waals surface area contributed by atoms with Crippen LogP contribution < -0.4 is 5.32 Å². The van der Waals surface area contributed by atoms with Gasteiger partial charge in [-0.05, 0) is 36.4 Å². The van der Waals surface area contributed by atoms with E-state index in [9.17, 15) is 0 Å². The maximum Gasteiger partial charge on any atom is 0.0717 e. The van der Waals surface area contributed by atoms with Gasteiger partial charge in [0.2, 0.25) is 0 Å². The third-order valence-electron chi connectivity index (χ3n) is 2.45. The molecule has 0 saturated heterocycles. The van der Waals surface area contributed by atoms with Gasteiger partial charge in [-0.25, -0.2) is 5.32 Å². The largest absolute Gasteiger partial charge is 0.248 e. The van der Waals surface area contributed by atoms with Crippen molar-refractivity contribution in [3.05, 3.63) is 45.3 Å². The molecule has 2 aromatic carbocycles. The maximum atomic E-state index is 4.56. The zero-order chi connectivity index (χ0) is 10.4. The minimum Gasteiger partial charge on any atom is -0.248 e. The van der Waals surface area contributed by atoms with Gasteiger partial charge in [0.15, 0.2) is 0 Å². The fraction of sp³-hybridized carbons (Fsp3) is 0. The molecule has 0 aromatic heterocycles. The molecule has 3 rings (SSSR count). The highest BCUT2D eigenvalue weighted by Crippen LogP contribution is 2.44. The third-order valence-corrected chi connectivity index (χ3v) is 3.43. The summed E-state index contributed by atoms with van der Waals surface area (Å²) in [7, 11) is 0. The Hall–Kier alpha value is -0.800. The van der Waals surface area contributed by atoms with Crippen LogP contribution in [0.25, 0.3) is 11.1 Å². The van der Waals surface area contributed by atoms with Crippen molar-refractivity contribution in [2.75, 3.05) is 0 Å². The van der Waals surface area contributed by atoms with Crippen LogP contribution in [-0.2, 0) is 0 Å². The highest BCUT2D eigenvalue weighted by Gasteiger charge is 2.19. The Labute approximate surface area is 105 Å². The minimum atomic E-state index is 1.05. The normalized spacial score (nSPS) is 11.9. The topological polar surface area (TPSA) is 14.1 Å². The summed E-state index contributed by atoms with van der Waals surface area (Å²) in [6.45, 7) is 0. The number of nitrogens with zero attached hydrogens (tertiary/aromatic N) is 1. The molecule has 1 nitrogen and oxygen atoms in total. The van der Waals surface area contributed by atoms with E-state index < -0.39 is 0 Å². The van der Waals surface area contributed by atoms with Gasteiger partial charge in [0.25, 0.3) is 0 Å². The second kappa shape index (κ2) is 3.35. The lowest BCUT2D eigenvalue weighted by atomic mass is 10.1. The van der Waals surface area contributed by atoms with Crippen molar-refractivity contribution in [3.8, 4) is 11.1 Å². The average Bonchev–Trinajstić information content (AvgIpc) is 2.56. The van der Waals surface area contributed by atoms with Gasteiger partial charge in [0, 0.05) is 20.1 Å². The second-order valence-corrected chi connectivity index (χ2v) is 5.27. The Kier molecular flexibility index (Phi) is 2.11. The van der Waals surface area contributed by atoms with E-state index in [1.165, 1.54) is 11.1 Å². The lowest BCUT2D eigenvalue weighted by molar-refractivity contribution is 1.23. The van der Waals surface area contributed by atoms with Gasteiger partial charge in [-0.3, -0.25) is 0 Å². The first kappa shape index (κ1) is 9.43. The molecule has 0 atom stereocenters. The number of hydrogen-bond donors (Lipinski definition) is 0. The summed E-state index contributed by atoms with van der Waals surface area (Å²) in [5, 5.41) is 4.56. The monoisotopic (exact) mass is 322 g/mol. The molecule has 1 heterocycles. The smallest absolute Gasteiger partial charge is 0.0717 e. The zero-order valence-electron chi connectivity index (χ0n) is 7.67. The average molecular weight is 324 g/mol. The van der Waals surface area contributed by atoms with Crippen LogP contribution in [0, 0.1) is 0 Å². The predicted molar refractivity (Wildman–Crippen MR) is 68.7 cm³/mol. The quantitative estimate of drug-likeness (QED) is 0.566. The number of benzene rings is 2. The summed E-state index contributed by atoms with van der Waals surface area (Å²) >= 11 is 6.96. The molecule has 73 valence electrons. The molecule has 1 radical (unpaired) electrons. The SMILES string of the molecule is Brc1ccc2c(c1)-c1cc(Br)ccc1[N]2. The van der Waals surface area contributed by atoms with Gasteiger partial charge in [-0.1, -0.05) is 31.9 Å². The summed E-state index contributed by atoms with van der Waals surface area (Å²) in [6, 6.07) is 12.3. The molecule has 1 aliphatic heterocycles. The number of hydrogen-bond acceptors (Lipinski definition) is 0. The van der Waals surface area contributed by atoms with Crippen LogP contribution in [0.3, 0.4) is 0 Å². The van der Waals surface area contributed by atoms with Crippen molar-refractivity contribution in [2.24, 2.45) is 0 Å². The van der Waals surface area contributed by atoms with Gasteiger partial charge in [0.05, 0.1) is 11.4 Å². The van der Waals surface area contributed by atoms with Gasteiger partial charge in [-0.15, -0.1) is 0 Å². The highest BCUT2D eigenvalue weighted by atomic mass is 79.9. The van der Waals surface area contributed by atoms with Crippen LogP contribution in [0.4, 0.5) is 11.4 Å². The van der Waals surface area contributed by atoms with Crippen molar-refractivity contribution in [2.45, 2.75) is 0 Å². The zero-order valence-corrected chi connectivity index (χ0v) is 10.8. The van der Waals surface area contributed by atoms with E-state index in [1.54, 1.807) is 0 Å². The van der Waals surface area contributed by atoms with Gasteiger partial charge in [-0.2, -0.15) is 0 Å². The van der Waals surface area contributed by atoms with Crippen molar-refractivity contribution in [1.29, 1.82) is 0 Å². The molecule has 15 heavy (non-hydrogen) atoms. The fourth-order valence-electron chi connectivity index (χ4n) is 1.77. The van der Waals surface area contributed by atoms with Crippen LogP contribution in [0.2, 0.25) is 0 Å². The molecule has 0 bridgehead atoms. The molecule has 0 amide bonds. The molecule has 0 fully saturated rings. The Morgan fingerprint density at radius 1 is 0.733 bits per heavy atom. The van der Waals surface area contributed by atoms with Crippen molar-refractivity contribution >= 4 is 43.2 Å². The van der Waals surface area contributed by atoms with Crippen molar-refractivity contribution in [1.82, 2.24) is 5.32 Å². The molecule has 0 unspecified atom stereocenters. The van der Waals surface area contributed by atoms with Crippen molar-refractivity contribution in [3.63, 3.8) is 0 Å². The van der Waals surface area contributed by atoms with Crippen LogP contribution in [0.1, 0.15) is 0 Å². The summed E-state index contributed by atoms with van der Waals surface area (Å²) < 4.78 is 2.17. The predicted octanol–water partition coefficient (Wildman–Crippen LogP) is 4.76. The third kappa shape index (κ3) is 1.50. The van der Waals surface area contributed by atoms with Gasteiger partial charge in [0.1, 0.15) is 0 Å². The standard InChI is InChI=1S/C12H6Br2N/c13-7-1-3-11-9(5-7)10-6-8(14)2-4-12(10)15-11/h1-6H. The van der Waals surface area contributed by atoms with Gasteiger partial charge >= 0.3 is 0 Å². The molecule has 0 saturated carbocycles. The summed E-state index contributed by atoms with van der Waals surface area (Å²) in [5.74, 6) is 0. The Morgan fingerprint density at radius 3 is 1.67 bits per heavy atom. The first-order valence-electron chi connectivity index (χ1n) is 4.55. The maximum absolute atomic E-state index is 4.56. The first-order chi connectivity index (χ1) is 7.24.